The number of hydrogen-bond donors (Lipinski definition) is 2. The summed E-state index contributed by atoms with van der Waals surface area (Å²) < 4.78 is 1.03. The number of nitrogens with zero attached hydrogens (tertiary/aromatic N) is 2. The molecule has 4 rings (SSSR count). The van der Waals surface area contributed by atoms with Crippen molar-refractivity contribution in [2.45, 2.75) is 25.3 Å². The van der Waals surface area contributed by atoms with Crippen molar-refractivity contribution in [3.05, 3.63) is 17.0 Å². The van der Waals surface area contributed by atoms with Crippen molar-refractivity contribution >= 4 is 57.3 Å². The molecule has 6 heteroatoms. The maximum absolute atomic E-state index is 12.5. The van der Waals surface area contributed by atoms with E-state index in [4.69, 9.17) is 0 Å². The summed E-state index contributed by atoms with van der Waals surface area (Å²) in [6.07, 6.45) is 3.82. The lowest BCUT2D eigenvalue weighted by Crippen LogP contribution is -2.39. The molecule has 1 aliphatic heterocycles. The Bertz CT molecular complexity index is 832. The Kier molecular flexibility index (Phi) is 2.84. The largest absolute Gasteiger partial charge is 0.381 e. The van der Waals surface area contributed by atoms with Crippen LogP contribution >= 0.6 is 11.3 Å². The topological polar surface area (TPSA) is 65.8 Å². The van der Waals surface area contributed by atoms with Gasteiger partial charge in [-0.2, -0.15) is 0 Å². The van der Waals surface area contributed by atoms with Gasteiger partial charge in [0, 0.05) is 22.8 Å². The van der Waals surface area contributed by atoms with E-state index in [1.165, 1.54) is 11.3 Å². The molecule has 2 N–H and O–H groups in total. The highest BCUT2D eigenvalue weighted by atomic mass is 32.1. The molecule has 1 saturated carbocycles. The maximum Gasteiger partial charge on any atom is 0.264 e. The van der Waals surface area contributed by atoms with Gasteiger partial charge in [-0.1, -0.05) is 0 Å². The second-order valence-electron chi connectivity index (χ2n) is 5.75. The molecule has 1 aromatic carbocycles. The highest BCUT2D eigenvalue weighted by molar-refractivity contribution is 7.21. The summed E-state index contributed by atoms with van der Waals surface area (Å²) in [5.74, 6) is 0.0123. The molecule has 0 atom stereocenters. The van der Waals surface area contributed by atoms with Crippen LogP contribution in [0.3, 0.4) is 0 Å². The van der Waals surface area contributed by atoms with Crippen molar-refractivity contribution in [1.82, 2.24) is 5.32 Å². The number of hydrogen-bond acceptors (Lipinski definition) is 5. The molecule has 1 aliphatic carbocycles. The summed E-state index contributed by atoms with van der Waals surface area (Å²) in [6, 6.07) is 3.88. The van der Waals surface area contributed by atoms with Crippen molar-refractivity contribution in [3.8, 4) is 0 Å². The molecule has 2 aromatic rings. The van der Waals surface area contributed by atoms with Crippen LogP contribution in [-0.4, -0.2) is 30.9 Å². The van der Waals surface area contributed by atoms with E-state index in [2.05, 4.69) is 27.3 Å². The fourth-order valence-corrected chi connectivity index (χ4v) is 4.01. The number of aliphatic imine (C=N–C) groups is 2. The fourth-order valence-electron chi connectivity index (χ4n) is 2.93. The van der Waals surface area contributed by atoms with Crippen molar-refractivity contribution < 1.29 is 4.79 Å². The molecule has 112 valence electrons. The molecular formula is C16H16N4OS. The minimum absolute atomic E-state index is 0.0123. The number of benzene rings is 1. The van der Waals surface area contributed by atoms with Gasteiger partial charge in [0.25, 0.3) is 5.91 Å². The molecule has 2 heterocycles. The lowest BCUT2D eigenvalue weighted by atomic mass is 10.1. The van der Waals surface area contributed by atoms with E-state index in [-0.39, 0.29) is 11.4 Å². The number of rotatable bonds is 2. The predicted octanol–water partition coefficient (Wildman–Crippen LogP) is 3.64. The van der Waals surface area contributed by atoms with Crippen LogP contribution in [0.5, 0.6) is 0 Å². The van der Waals surface area contributed by atoms with Crippen LogP contribution < -0.4 is 10.6 Å². The first-order chi connectivity index (χ1) is 10.7. The van der Waals surface area contributed by atoms with Crippen molar-refractivity contribution in [2.75, 3.05) is 11.9 Å². The normalized spacial score (nSPS) is 18.9. The van der Waals surface area contributed by atoms with Gasteiger partial charge in [-0.3, -0.25) is 14.8 Å². The Labute approximate surface area is 132 Å². The molecule has 0 unspecified atom stereocenters. The van der Waals surface area contributed by atoms with E-state index in [0.29, 0.717) is 0 Å². The summed E-state index contributed by atoms with van der Waals surface area (Å²) in [4.78, 5) is 21.8. The maximum atomic E-state index is 12.5. The third kappa shape index (κ3) is 1.87. The first kappa shape index (κ1) is 13.5. The van der Waals surface area contributed by atoms with Crippen LogP contribution in [0.15, 0.2) is 22.1 Å². The lowest BCUT2D eigenvalue weighted by molar-refractivity contribution is 0.0942. The van der Waals surface area contributed by atoms with E-state index in [1.807, 2.05) is 19.1 Å². The molecule has 1 fully saturated rings. The number of fused-ring (bicyclic) bond motifs is 3. The molecule has 0 radical (unpaired) electrons. The van der Waals surface area contributed by atoms with E-state index in [1.54, 1.807) is 6.21 Å². The summed E-state index contributed by atoms with van der Waals surface area (Å²) in [5.41, 5.74) is 2.34. The van der Waals surface area contributed by atoms with Crippen LogP contribution in [0.25, 0.3) is 10.1 Å². The van der Waals surface area contributed by atoms with Gasteiger partial charge in [0.2, 0.25) is 0 Å². The third-order valence-electron chi connectivity index (χ3n) is 4.28. The zero-order valence-electron chi connectivity index (χ0n) is 12.3. The highest BCUT2D eigenvalue weighted by Crippen LogP contribution is 2.48. The quantitative estimate of drug-likeness (QED) is 0.831. The predicted molar refractivity (Wildman–Crippen MR) is 92.8 cm³/mol. The Balaban J connectivity index is 1.98. The second kappa shape index (κ2) is 4.64. The summed E-state index contributed by atoms with van der Waals surface area (Å²) in [6.45, 7) is 6.26. The molecule has 0 saturated heterocycles. The number of carbonyl (C=O) groups is 1. The Morgan fingerprint density at radius 2 is 2.23 bits per heavy atom. The molecule has 0 bridgehead atoms. The van der Waals surface area contributed by atoms with Gasteiger partial charge in [-0.05, 0) is 38.6 Å². The summed E-state index contributed by atoms with van der Waals surface area (Å²) >= 11 is 1.50. The molecule has 1 amide bonds. The minimum atomic E-state index is -0.0510. The number of carbonyl (C=O) groups excluding carboxylic acids is 1. The van der Waals surface area contributed by atoms with Crippen LogP contribution in [0, 0.1) is 0 Å². The lowest BCUT2D eigenvalue weighted by Gasteiger charge is -2.13. The van der Waals surface area contributed by atoms with Gasteiger partial charge in [-0.25, -0.2) is 0 Å². The molecule has 1 spiro atoms. The Morgan fingerprint density at radius 3 is 2.91 bits per heavy atom. The van der Waals surface area contributed by atoms with Gasteiger partial charge in [0.05, 0.1) is 22.6 Å². The summed E-state index contributed by atoms with van der Waals surface area (Å²) in [7, 11) is 0. The zero-order chi connectivity index (χ0) is 15.3. The average Bonchev–Trinajstić information content (AvgIpc) is 3.19. The highest BCUT2D eigenvalue weighted by Gasteiger charge is 2.46. The SMILES string of the molecule is C=Nc1ccc2sc3c(c2c1N=CC)NCC1(CC1)NC3=O. The Morgan fingerprint density at radius 1 is 1.41 bits per heavy atom. The number of thiophene rings is 1. The van der Waals surface area contributed by atoms with Crippen molar-refractivity contribution in [1.29, 1.82) is 0 Å². The minimum Gasteiger partial charge on any atom is -0.381 e. The van der Waals surface area contributed by atoms with E-state index < -0.39 is 0 Å². The van der Waals surface area contributed by atoms with Crippen molar-refractivity contribution in [3.63, 3.8) is 0 Å². The van der Waals surface area contributed by atoms with Crippen LogP contribution in [0.2, 0.25) is 0 Å². The van der Waals surface area contributed by atoms with Gasteiger partial charge in [-0.15, -0.1) is 11.3 Å². The van der Waals surface area contributed by atoms with Crippen LogP contribution in [0.4, 0.5) is 17.1 Å². The van der Waals surface area contributed by atoms with Crippen LogP contribution in [0.1, 0.15) is 29.4 Å². The smallest absolute Gasteiger partial charge is 0.264 e. The molecule has 5 nitrogen and oxygen atoms in total. The van der Waals surface area contributed by atoms with Gasteiger partial charge in [0.1, 0.15) is 4.88 Å². The third-order valence-corrected chi connectivity index (χ3v) is 5.43. The van der Waals surface area contributed by atoms with E-state index in [0.717, 1.165) is 51.4 Å². The van der Waals surface area contributed by atoms with Crippen LogP contribution in [-0.2, 0) is 0 Å². The number of anilines is 1. The first-order valence-corrected chi connectivity index (χ1v) is 8.10. The average molecular weight is 312 g/mol. The van der Waals surface area contributed by atoms with E-state index in [9.17, 15) is 4.79 Å². The Hall–Kier alpha value is -2.21. The molecule has 2 aliphatic rings. The first-order valence-electron chi connectivity index (χ1n) is 7.29. The standard InChI is InChI=1S/C16H16N4OS/c1-3-18-12-9(17-2)4-5-10-11(12)13-14(22-10)15(21)20-16(6-7-16)8-19-13/h3-5,19H,2,6-8H2,1H3,(H,20,21). The van der Waals surface area contributed by atoms with Gasteiger partial charge >= 0.3 is 0 Å². The fraction of sp³-hybridized carbons (Fsp3) is 0.312. The summed E-state index contributed by atoms with van der Waals surface area (Å²) in [5, 5.41) is 7.60. The van der Waals surface area contributed by atoms with Crippen molar-refractivity contribution in [2.24, 2.45) is 9.98 Å². The van der Waals surface area contributed by atoms with Gasteiger partial charge in [0.15, 0.2) is 0 Å². The monoisotopic (exact) mass is 312 g/mol. The second-order valence-corrected chi connectivity index (χ2v) is 6.80. The molecular weight excluding hydrogens is 296 g/mol. The molecule has 22 heavy (non-hydrogen) atoms. The number of nitrogens with one attached hydrogen (secondary N) is 2. The molecule has 1 aromatic heterocycles. The number of amides is 1. The van der Waals surface area contributed by atoms with E-state index >= 15 is 0 Å². The van der Waals surface area contributed by atoms with Gasteiger partial charge < -0.3 is 10.6 Å². The zero-order valence-corrected chi connectivity index (χ0v) is 13.1.